The maximum absolute atomic E-state index is 11.4. The van der Waals surface area contributed by atoms with Gasteiger partial charge < -0.3 is 0 Å². The third-order valence-electron chi connectivity index (χ3n) is 2.77. The molecule has 2 aliphatic rings. The molecule has 0 N–H and O–H groups in total. The van der Waals surface area contributed by atoms with Crippen LogP contribution in [0.2, 0.25) is 0 Å². The number of hydrogen-bond acceptors (Lipinski definition) is 2. The summed E-state index contributed by atoms with van der Waals surface area (Å²) in [6.07, 6.45) is 0. The summed E-state index contributed by atoms with van der Waals surface area (Å²) in [6, 6.07) is 0. The van der Waals surface area contributed by atoms with Crippen LogP contribution in [-0.2, 0) is 9.53 Å². The Morgan fingerprint density at radius 2 is 2.17 bits per heavy atom. The first-order valence-corrected chi connectivity index (χ1v) is 7.21. The monoisotopic (exact) mass is 281 g/mol. The van der Waals surface area contributed by atoms with Crippen molar-refractivity contribution in [2.45, 2.75) is 17.8 Å². The summed E-state index contributed by atoms with van der Waals surface area (Å²) < 4.78 is 7.19. The molecule has 3 heteroatoms. The van der Waals surface area contributed by atoms with Crippen molar-refractivity contribution in [3.8, 4) is 0 Å². The summed E-state index contributed by atoms with van der Waals surface area (Å²) in [7, 11) is 0. The van der Waals surface area contributed by atoms with Crippen LogP contribution in [0, 0.1) is 17.8 Å². The summed E-state index contributed by atoms with van der Waals surface area (Å²) >= 11 is 0.272. The normalized spacial score (nSPS) is 47.7. The van der Waals surface area contributed by atoms with E-state index in [0.29, 0.717) is 18.4 Å². The van der Waals surface area contributed by atoms with Crippen LogP contribution < -0.4 is 21.2 Å². The predicted molar refractivity (Wildman–Crippen MR) is 41.4 cm³/mol. The summed E-state index contributed by atoms with van der Waals surface area (Å²) in [4.78, 5) is 11.4. The zero-order valence-corrected chi connectivity index (χ0v) is 9.58. The first-order valence-electron chi connectivity index (χ1n) is 4.44. The Labute approximate surface area is 83.3 Å². The molecule has 0 spiro atoms. The molecule has 0 radical (unpaired) electrons. The molecule has 2 fully saturated rings. The molecule has 2 rings (SSSR count). The average molecular weight is 281 g/mol. The van der Waals surface area contributed by atoms with Gasteiger partial charge >= 0.3 is 83.3 Å². The third kappa shape index (κ3) is 1.26. The molecule has 70 valence electrons. The fourth-order valence-electron chi connectivity index (χ4n) is 2.02. The number of hydrogen-bond donors (Lipinski definition) is 0. The van der Waals surface area contributed by atoms with E-state index in [1.54, 1.807) is 0 Å². The Morgan fingerprint density at radius 3 is 2.83 bits per heavy atom. The number of halogens is 1. The summed E-state index contributed by atoms with van der Waals surface area (Å²) in [5.41, 5.74) is 0. The molecule has 4 unspecified atom stereocenters. The first kappa shape index (κ1) is 8.78. The van der Waals surface area contributed by atoms with Crippen molar-refractivity contribution in [3.05, 3.63) is 0 Å². The van der Waals surface area contributed by atoms with Crippen LogP contribution in [0.25, 0.3) is 0 Å². The SMILES string of the molecule is CC1COC(=O)C2C(C)C[I-]C12. The van der Waals surface area contributed by atoms with Crippen LogP contribution in [0.5, 0.6) is 0 Å². The van der Waals surface area contributed by atoms with Crippen LogP contribution in [0.1, 0.15) is 13.8 Å². The van der Waals surface area contributed by atoms with Gasteiger partial charge in [0.1, 0.15) is 0 Å². The standard InChI is InChI=1S/C9H14IO2/c1-5-3-10-8-6(2)4-12-9(11)7(5)8/h5-8H,3-4H2,1-2H3/q-1. The van der Waals surface area contributed by atoms with Crippen molar-refractivity contribution < 1.29 is 30.7 Å². The molecule has 2 aliphatic heterocycles. The van der Waals surface area contributed by atoms with E-state index in [-0.39, 0.29) is 33.1 Å². The molecule has 0 aliphatic carbocycles. The van der Waals surface area contributed by atoms with E-state index in [2.05, 4.69) is 13.8 Å². The van der Waals surface area contributed by atoms with Crippen molar-refractivity contribution in [2.75, 3.05) is 11.0 Å². The Kier molecular flexibility index (Phi) is 2.31. The van der Waals surface area contributed by atoms with E-state index in [1.807, 2.05) is 0 Å². The molecular formula is C9H14IO2-. The van der Waals surface area contributed by atoms with Gasteiger partial charge in [0.25, 0.3) is 0 Å². The molecule has 0 saturated carbocycles. The number of esters is 1. The van der Waals surface area contributed by atoms with Crippen molar-refractivity contribution in [3.63, 3.8) is 0 Å². The van der Waals surface area contributed by atoms with Gasteiger partial charge in [-0.15, -0.1) is 0 Å². The molecule has 0 amide bonds. The van der Waals surface area contributed by atoms with E-state index in [0.717, 1.165) is 3.92 Å². The molecular weight excluding hydrogens is 267 g/mol. The van der Waals surface area contributed by atoms with E-state index < -0.39 is 0 Å². The summed E-state index contributed by atoms with van der Waals surface area (Å²) in [5, 5.41) is 0. The van der Waals surface area contributed by atoms with Crippen molar-refractivity contribution in [1.82, 2.24) is 0 Å². The van der Waals surface area contributed by atoms with Crippen LogP contribution >= 0.6 is 0 Å². The minimum absolute atomic E-state index is 0.0859. The third-order valence-corrected chi connectivity index (χ3v) is 7.69. The van der Waals surface area contributed by atoms with Crippen LogP contribution in [-0.4, -0.2) is 20.9 Å². The number of rotatable bonds is 0. The van der Waals surface area contributed by atoms with Crippen molar-refractivity contribution >= 4 is 5.97 Å². The van der Waals surface area contributed by atoms with Gasteiger partial charge in [-0.3, -0.25) is 0 Å². The van der Waals surface area contributed by atoms with E-state index in [9.17, 15) is 4.79 Å². The Hall–Kier alpha value is 0.200. The number of cyclic esters (lactones) is 1. The molecule has 2 heterocycles. The van der Waals surface area contributed by atoms with Gasteiger partial charge in [-0.1, -0.05) is 0 Å². The topological polar surface area (TPSA) is 26.3 Å². The zero-order valence-electron chi connectivity index (χ0n) is 7.42. The molecule has 0 aromatic rings. The van der Waals surface area contributed by atoms with Gasteiger partial charge in [-0.05, 0) is 0 Å². The maximum atomic E-state index is 11.4. The van der Waals surface area contributed by atoms with Crippen LogP contribution in [0.3, 0.4) is 0 Å². The average Bonchev–Trinajstić information content (AvgIpc) is 2.42. The Morgan fingerprint density at radius 1 is 1.42 bits per heavy atom. The minimum atomic E-state index is 0.0859. The number of carbonyl (C=O) groups is 1. The van der Waals surface area contributed by atoms with E-state index in [4.69, 9.17) is 4.74 Å². The number of fused-ring (bicyclic) bond motifs is 1. The first-order chi connectivity index (χ1) is 5.70. The van der Waals surface area contributed by atoms with Gasteiger partial charge in [0.2, 0.25) is 0 Å². The molecule has 0 aromatic heterocycles. The fraction of sp³-hybridized carbons (Fsp3) is 0.889. The summed E-state index contributed by atoms with van der Waals surface area (Å²) in [6.45, 7) is 5.10. The molecule has 0 bridgehead atoms. The molecule has 2 nitrogen and oxygen atoms in total. The van der Waals surface area contributed by atoms with Gasteiger partial charge in [0.05, 0.1) is 0 Å². The predicted octanol–water partition coefficient (Wildman–Crippen LogP) is -2.10. The van der Waals surface area contributed by atoms with Gasteiger partial charge in [0.15, 0.2) is 0 Å². The second kappa shape index (κ2) is 3.16. The number of ether oxygens (including phenoxy) is 1. The number of carbonyl (C=O) groups excluding carboxylic acids is 1. The molecule has 2 saturated heterocycles. The Balaban J connectivity index is 2.18. The van der Waals surface area contributed by atoms with Gasteiger partial charge in [0, 0.05) is 0 Å². The Bertz CT molecular complexity index is 205. The fourth-order valence-corrected chi connectivity index (χ4v) is 6.58. The second-order valence-electron chi connectivity index (χ2n) is 3.86. The molecule has 4 atom stereocenters. The van der Waals surface area contributed by atoms with Crippen LogP contribution in [0.4, 0.5) is 0 Å². The van der Waals surface area contributed by atoms with Crippen molar-refractivity contribution in [1.29, 1.82) is 0 Å². The molecule has 0 aromatic carbocycles. The second-order valence-corrected chi connectivity index (χ2v) is 7.06. The quantitative estimate of drug-likeness (QED) is 0.289. The zero-order chi connectivity index (χ0) is 8.72. The van der Waals surface area contributed by atoms with Crippen LogP contribution in [0.15, 0.2) is 0 Å². The summed E-state index contributed by atoms with van der Waals surface area (Å²) in [5.74, 6) is 1.58. The van der Waals surface area contributed by atoms with Crippen molar-refractivity contribution in [2.24, 2.45) is 17.8 Å². The van der Waals surface area contributed by atoms with E-state index in [1.165, 1.54) is 4.43 Å². The van der Waals surface area contributed by atoms with Gasteiger partial charge in [-0.2, -0.15) is 0 Å². The molecule has 12 heavy (non-hydrogen) atoms. The van der Waals surface area contributed by atoms with Gasteiger partial charge in [-0.25, -0.2) is 0 Å². The van der Waals surface area contributed by atoms with E-state index >= 15 is 0 Å². The number of alkyl halides is 2.